The molecular formula is C18H15ClN2O2S2. The number of carbonyl (C=O) groups excluding carboxylic acids is 2. The molecule has 0 unspecified atom stereocenters. The fourth-order valence-electron chi connectivity index (χ4n) is 2.54. The van der Waals surface area contributed by atoms with Crippen LogP contribution in [0.1, 0.15) is 17.4 Å². The summed E-state index contributed by atoms with van der Waals surface area (Å²) in [4.78, 5) is 29.5. The number of aryl methyl sites for hydroxylation is 1. The number of thiophene rings is 1. The van der Waals surface area contributed by atoms with Gasteiger partial charge in [0.2, 0.25) is 0 Å². The van der Waals surface area contributed by atoms with Crippen molar-refractivity contribution < 1.29 is 9.59 Å². The zero-order valence-electron chi connectivity index (χ0n) is 13.7. The number of benzene rings is 1. The monoisotopic (exact) mass is 390 g/mol. The molecule has 0 bridgehead atoms. The fourth-order valence-corrected chi connectivity index (χ4v) is 3.92. The highest BCUT2D eigenvalue weighted by Crippen LogP contribution is 2.28. The van der Waals surface area contributed by atoms with Gasteiger partial charge < -0.3 is 0 Å². The van der Waals surface area contributed by atoms with Gasteiger partial charge in [-0.15, -0.1) is 11.3 Å². The lowest BCUT2D eigenvalue weighted by Gasteiger charge is -2.36. The third kappa shape index (κ3) is 3.25. The van der Waals surface area contributed by atoms with Crippen LogP contribution < -0.4 is 4.90 Å². The van der Waals surface area contributed by atoms with E-state index in [2.05, 4.69) is 0 Å². The molecule has 25 heavy (non-hydrogen) atoms. The number of rotatable bonds is 3. The molecule has 0 spiro atoms. The van der Waals surface area contributed by atoms with Gasteiger partial charge in [-0.1, -0.05) is 11.6 Å². The molecule has 2 heterocycles. The Morgan fingerprint density at radius 3 is 2.40 bits per heavy atom. The van der Waals surface area contributed by atoms with E-state index in [1.165, 1.54) is 21.1 Å². The van der Waals surface area contributed by atoms with Crippen LogP contribution in [0.25, 0.3) is 6.08 Å². The van der Waals surface area contributed by atoms with E-state index in [4.69, 9.17) is 23.8 Å². The zero-order valence-corrected chi connectivity index (χ0v) is 16.0. The molecule has 2 amide bonds. The van der Waals surface area contributed by atoms with E-state index in [1.54, 1.807) is 30.3 Å². The van der Waals surface area contributed by atoms with Crippen molar-refractivity contribution in [3.63, 3.8) is 0 Å². The molecule has 1 saturated heterocycles. The van der Waals surface area contributed by atoms with Crippen molar-refractivity contribution in [3.05, 3.63) is 56.7 Å². The van der Waals surface area contributed by atoms with Crippen LogP contribution in [-0.4, -0.2) is 28.4 Å². The molecular weight excluding hydrogens is 376 g/mol. The first-order valence-electron chi connectivity index (χ1n) is 7.65. The summed E-state index contributed by atoms with van der Waals surface area (Å²) in [6, 6.07) is 8.75. The third-order valence-electron chi connectivity index (χ3n) is 3.91. The van der Waals surface area contributed by atoms with Gasteiger partial charge in [0, 0.05) is 16.4 Å². The Kier molecular flexibility index (Phi) is 5.03. The van der Waals surface area contributed by atoms with E-state index in [9.17, 15) is 9.59 Å². The first-order chi connectivity index (χ1) is 11.9. The van der Waals surface area contributed by atoms with Crippen LogP contribution in [0.4, 0.5) is 5.69 Å². The Morgan fingerprint density at radius 2 is 1.84 bits per heavy atom. The Bertz CT molecular complexity index is 887. The lowest BCUT2D eigenvalue weighted by Crippen LogP contribution is -2.56. The maximum Gasteiger partial charge on any atom is 0.270 e. The number of thiocarbonyl (C=S) groups is 1. The van der Waals surface area contributed by atoms with Gasteiger partial charge in [-0.05, 0) is 73.4 Å². The molecule has 3 rings (SSSR count). The van der Waals surface area contributed by atoms with Crippen molar-refractivity contribution in [3.8, 4) is 0 Å². The quantitative estimate of drug-likeness (QED) is 0.446. The number of hydrogen-bond donors (Lipinski definition) is 0. The second-order valence-corrected chi connectivity index (χ2v) is 7.22. The number of hydrogen-bond acceptors (Lipinski definition) is 4. The number of nitrogens with zero attached hydrogens (tertiary/aromatic N) is 2. The van der Waals surface area contributed by atoms with Gasteiger partial charge in [0.25, 0.3) is 11.8 Å². The Hall–Kier alpha value is -2.02. The molecule has 0 radical (unpaired) electrons. The summed E-state index contributed by atoms with van der Waals surface area (Å²) < 4.78 is 0. The number of halogens is 1. The zero-order chi connectivity index (χ0) is 18.1. The summed E-state index contributed by atoms with van der Waals surface area (Å²) in [5.74, 6) is -0.787. The molecule has 1 aliphatic rings. The van der Waals surface area contributed by atoms with Crippen molar-refractivity contribution >= 4 is 63.8 Å². The average Bonchev–Trinajstić information content (AvgIpc) is 2.99. The van der Waals surface area contributed by atoms with Gasteiger partial charge in [0.05, 0.1) is 5.69 Å². The molecule has 1 fully saturated rings. The minimum absolute atomic E-state index is 0.107. The molecule has 0 atom stereocenters. The second kappa shape index (κ2) is 7.07. The van der Waals surface area contributed by atoms with E-state index in [0.717, 1.165) is 10.4 Å². The molecule has 4 nitrogen and oxygen atoms in total. The molecule has 128 valence electrons. The highest BCUT2D eigenvalue weighted by molar-refractivity contribution is 7.80. The van der Waals surface area contributed by atoms with E-state index in [-0.39, 0.29) is 16.6 Å². The van der Waals surface area contributed by atoms with Crippen molar-refractivity contribution in [2.45, 2.75) is 13.8 Å². The van der Waals surface area contributed by atoms with Crippen LogP contribution in [0, 0.1) is 6.92 Å². The fraction of sp³-hybridized carbons (Fsp3) is 0.167. The van der Waals surface area contributed by atoms with Gasteiger partial charge >= 0.3 is 0 Å². The number of anilines is 1. The molecule has 1 aromatic heterocycles. The molecule has 1 aliphatic heterocycles. The minimum atomic E-state index is -0.421. The van der Waals surface area contributed by atoms with Crippen molar-refractivity contribution in [2.24, 2.45) is 0 Å². The maximum absolute atomic E-state index is 13.0. The Balaban J connectivity index is 2.10. The summed E-state index contributed by atoms with van der Waals surface area (Å²) in [6.07, 6.45) is 1.65. The predicted octanol–water partition coefficient (Wildman–Crippen LogP) is 4.27. The second-order valence-electron chi connectivity index (χ2n) is 5.47. The normalized spacial score (nSPS) is 16.9. The Labute approximate surface area is 160 Å². The lowest BCUT2D eigenvalue weighted by molar-refractivity contribution is -0.127. The average molecular weight is 391 g/mol. The van der Waals surface area contributed by atoms with Gasteiger partial charge in [-0.3, -0.25) is 19.4 Å². The van der Waals surface area contributed by atoms with Gasteiger partial charge in [0.1, 0.15) is 5.57 Å². The van der Waals surface area contributed by atoms with E-state index in [1.807, 2.05) is 25.3 Å². The molecule has 1 aromatic carbocycles. The first-order valence-corrected chi connectivity index (χ1v) is 9.32. The highest BCUT2D eigenvalue weighted by atomic mass is 35.5. The molecule has 0 saturated carbocycles. The largest absolute Gasteiger partial charge is 0.285 e. The van der Waals surface area contributed by atoms with Crippen LogP contribution in [0.5, 0.6) is 0 Å². The van der Waals surface area contributed by atoms with Crippen molar-refractivity contribution in [1.29, 1.82) is 0 Å². The third-order valence-corrected chi connectivity index (χ3v) is 5.53. The number of amides is 2. The molecule has 0 N–H and O–H groups in total. The first kappa shape index (κ1) is 17.8. The number of carbonyl (C=O) groups is 2. The van der Waals surface area contributed by atoms with Crippen LogP contribution in [0.15, 0.2) is 41.3 Å². The van der Waals surface area contributed by atoms with E-state index in [0.29, 0.717) is 17.3 Å². The predicted molar refractivity (Wildman–Crippen MR) is 106 cm³/mol. The molecule has 0 aliphatic carbocycles. The minimum Gasteiger partial charge on any atom is -0.285 e. The maximum atomic E-state index is 13.0. The molecule has 7 heteroatoms. The summed E-state index contributed by atoms with van der Waals surface area (Å²) in [7, 11) is 0. The Morgan fingerprint density at radius 1 is 1.16 bits per heavy atom. The van der Waals surface area contributed by atoms with Gasteiger partial charge in [-0.2, -0.15) is 0 Å². The van der Waals surface area contributed by atoms with Crippen molar-refractivity contribution in [1.82, 2.24) is 4.90 Å². The van der Waals surface area contributed by atoms with Gasteiger partial charge in [0.15, 0.2) is 5.11 Å². The van der Waals surface area contributed by atoms with Crippen LogP contribution in [0.3, 0.4) is 0 Å². The van der Waals surface area contributed by atoms with Crippen molar-refractivity contribution in [2.75, 3.05) is 11.4 Å². The lowest BCUT2D eigenvalue weighted by atomic mass is 10.1. The van der Waals surface area contributed by atoms with E-state index < -0.39 is 5.91 Å². The summed E-state index contributed by atoms with van der Waals surface area (Å²) >= 11 is 12.8. The number of likely N-dealkylation sites (N-methyl/N-ethyl adjacent to an activating group) is 1. The topological polar surface area (TPSA) is 40.6 Å². The summed E-state index contributed by atoms with van der Waals surface area (Å²) in [5.41, 5.74) is 1.71. The van der Waals surface area contributed by atoms with Gasteiger partial charge in [-0.25, -0.2) is 0 Å². The van der Waals surface area contributed by atoms with Crippen LogP contribution >= 0.6 is 35.2 Å². The molecule has 2 aromatic rings. The van der Waals surface area contributed by atoms with E-state index >= 15 is 0 Å². The van der Waals surface area contributed by atoms with Crippen LogP contribution in [0.2, 0.25) is 5.02 Å². The smallest absolute Gasteiger partial charge is 0.270 e. The van der Waals surface area contributed by atoms with Crippen LogP contribution in [-0.2, 0) is 9.59 Å². The summed E-state index contributed by atoms with van der Waals surface area (Å²) in [5, 5.41) is 2.67. The highest BCUT2D eigenvalue weighted by Gasteiger charge is 2.39. The SMILES string of the molecule is CCN1C(=O)/C(=C/c2sccc2C)C(=O)N(c2ccc(Cl)cc2)C1=S. The summed E-state index contributed by atoms with van der Waals surface area (Å²) in [6.45, 7) is 4.16. The standard InChI is InChI=1S/C18H15ClN2O2S2/c1-3-20-16(22)14(10-15-11(2)8-9-25-15)17(23)21(18(20)24)13-6-4-12(19)5-7-13/h4-10H,3H2,1-2H3/b14-10-.